The van der Waals surface area contributed by atoms with Crippen LogP contribution in [0.15, 0.2) is 28.5 Å². The molecule has 1 aromatic carbocycles. The summed E-state index contributed by atoms with van der Waals surface area (Å²) in [6.45, 7) is 1.86. The maximum absolute atomic E-state index is 13.5. The molecule has 8 heteroatoms. The number of amidine groups is 1. The molecular weight excluding hydrogens is 281 g/mol. The molecule has 0 aliphatic heterocycles. The molecule has 0 aliphatic rings. The van der Waals surface area contributed by atoms with E-state index in [9.17, 15) is 4.39 Å². The van der Waals surface area contributed by atoms with Gasteiger partial charge in [0.05, 0.1) is 0 Å². The number of aryl methyl sites for hydroxylation is 1. The normalized spacial score (nSPS) is 11.8. The molecule has 106 valence electrons. The molecule has 0 fully saturated rings. The van der Waals surface area contributed by atoms with Crippen molar-refractivity contribution in [2.75, 3.05) is 0 Å². The third-order valence-electron chi connectivity index (χ3n) is 2.78. The summed E-state index contributed by atoms with van der Waals surface area (Å²) in [7, 11) is 1.87. The second kappa shape index (κ2) is 5.91. The number of rotatable bonds is 4. The Morgan fingerprint density at radius 1 is 1.45 bits per heavy atom. The van der Waals surface area contributed by atoms with Crippen molar-refractivity contribution in [3.8, 4) is 0 Å². The molecule has 0 saturated heterocycles. The van der Waals surface area contributed by atoms with Gasteiger partial charge in [0.1, 0.15) is 11.6 Å². The Balaban J connectivity index is 2.17. The minimum atomic E-state index is -0.432. The highest BCUT2D eigenvalue weighted by atomic mass is 32.2. The van der Waals surface area contributed by atoms with E-state index in [1.54, 1.807) is 6.07 Å². The average Bonchev–Trinajstić information content (AvgIpc) is 2.75. The van der Waals surface area contributed by atoms with Gasteiger partial charge in [-0.05, 0) is 30.7 Å². The van der Waals surface area contributed by atoms with E-state index >= 15 is 0 Å². The topological polar surface area (TPSA) is 89.3 Å². The van der Waals surface area contributed by atoms with Crippen molar-refractivity contribution in [3.63, 3.8) is 0 Å². The molecule has 20 heavy (non-hydrogen) atoms. The maximum atomic E-state index is 13.5. The van der Waals surface area contributed by atoms with Crippen molar-refractivity contribution in [1.29, 1.82) is 0 Å². The van der Waals surface area contributed by atoms with Crippen molar-refractivity contribution < 1.29 is 9.60 Å². The second-order valence-corrected chi connectivity index (χ2v) is 5.15. The van der Waals surface area contributed by atoms with Crippen LogP contribution >= 0.6 is 11.8 Å². The van der Waals surface area contributed by atoms with Crippen molar-refractivity contribution >= 4 is 17.6 Å². The number of aromatic nitrogens is 3. The molecule has 0 bridgehead atoms. The van der Waals surface area contributed by atoms with Gasteiger partial charge < -0.3 is 15.5 Å². The third kappa shape index (κ3) is 3.08. The van der Waals surface area contributed by atoms with Crippen molar-refractivity contribution in [1.82, 2.24) is 14.8 Å². The smallest absolute Gasteiger partial charge is 0.191 e. The molecule has 0 spiro atoms. The van der Waals surface area contributed by atoms with Gasteiger partial charge in [-0.25, -0.2) is 4.39 Å². The first-order valence-corrected chi connectivity index (χ1v) is 6.76. The van der Waals surface area contributed by atoms with Gasteiger partial charge in [0.2, 0.25) is 0 Å². The van der Waals surface area contributed by atoms with Crippen LogP contribution in [0.1, 0.15) is 17.0 Å². The standard InChI is InChI=1S/C12H14FN5OS/c1-7-15-16-12(18(7)2)20-6-8-3-9(11(14)17-19)5-10(13)4-8/h3-5,19H,6H2,1-2H3,(H2,14,17). The monoisotopic (exact) mass is 295 g/mol. The lowest BCUT2D eigenvalue weighted by molar-refractivity contribution is 0.318. The number of nitrogens with zero attached hydrogens (tertiary/aromatic N) is 4. The Bertz CT molecular complexity index is 655. The Morgan fingerprint density at radius 3 is 2.80 bits per heavy atom. The van der Waals surface area contributed by atoms with E-state index in [2.05, 4.69) is 15.4 Å². The second-order valence-electron chi connectivity index (χ2n) is 4.21. The zero-order chi connectivity index (χ0) is 14.7. The van der Waals surface area contributed by atoms with Crippen molar-refractivity contribution in [2.24, 2.45) is 17.9 Å². The van der Waals surface area contributed by atoms with Gasteiger partial charge in [-0.3, -0.25) is 0 Å². The summed E-state index contributed by atoms with van der Waals surface area (Å²) in [6.07, 6.45) is 0. The first kappa shape index (κ1) is 14.3. The minimum Gasteiger partial charge on any atom is -0.409 e. The highest BCUT2D eigenvalue weighted by molar-refractivity contribution is 7.98. The molecule has 0 saturated carbocycles. The molecule has 0 amide bonds. The minimum absolute atomic E-state index is 0.120. The molecule has 2 aromatic rings. The lowest BCUT2D eigenvalue weighted by Gasteiger charge is -2.05. The lowest BCUT2D eigenvalue weighted by atomic mass is 10.1. The van der Waals surface area contributed by atoms with Crippen LogP contribution in [-0.2, 0) is 12.8 Å². The molecule has 1 heterocycles. The number of halogens is 1. The fraction of sp³-hybridized carbons (Fsp3) is 0.250. The van der Waals surface area contributed by atoms with Crippen molar-refractivity contribution in [3.05, 3.63) is 41.0 Å². The van der Waals surface area contributed by atoms with Crippen LogP contribution in [0.3, 0.4) is 0 Å². The molecule has 0 unspecified atom stereocenters. The quantitative estimate of drug-likeness (QED) is 0.294. The summed E-state index contributed by atoms with van der Waals surface area (Å²) >= 11 is 1.44. The van der Waals surface area contributed by atoms with Gasteiger partial charge in [0.15, 0.2) is 11.0 Å². The summed E-state index contributed by atoms with van der Waals surface area (Å²) in [4.78, 5) is 0. The molecule has 2 rings (SSSR count). The summed E-state index contributed by atoms with van der Waals surface area (Å²) in [5.74, 6) is 0.767. The number of hydrogen-bond donors (Lipinski definition) is 2. The van der Waals surface area contributed by atoms with E-state index in [1.165, 1.54) is 23.9 Å². The molecule has 0 radical (unpaired) electrons. The van der Waals surface area contributed by atoms with Gasteiger partial charge in [-0.1, -0.05) is 16.9 Å². The van der Waals surface area contributed by atoms with Gasteiger partial charge in [0.25, 0.3) is 0 Å². The molecule has 0 atom stereocenters. The van der Waals surface area contributed by atoms with Crippen molar-refractivity contribution in [2.45, 2.75) is 17.8 Å². The number of thioether (sulfide) groups is 1. The fourth-order valence-corrected chi connectivity index (χ4v) is 2.49. The third-order valence-corrected chi connectivity index (χ3v) is 3.87. The van der Waals surface area contributed by atoms with E-state index in [-0.39, 0.29) is 5.84 Å². The first-order chi connectivity index (χ1) is 9.51. The van der Waals surface area contributed by atoms with Crippen LogP contribution in [-0.4, -0.2) is 25.8 Å². The Hall–Kier alpha value is -2.09. The van der Waals surface area contributed by atoms with Gasteiger partial charge in [-0.15, -0.1) is 10.2 Å². The highest BCUT2D eigenvalue weighted by Crippen LogP contribution is 2.22. The average molecular weight is 295 g/mol. The van der Waals surface area contributed by atoms with Gasteiger partial charge in [-0.2, -0.15) is 0 Å². The van der Waals surface area contributed by atoms with E-state index in [0.717, 1.165) is 16.5 Å². The van der Waals surface area contributed by atoms with Crippen LogP contribution in [0, 0.1) is 12.7 Å². The summed E-state index contributed by atoms with van der Waals surface area (Å²) in [5.41, 5.74) is 6.53. The van der Waals surface area contributed by atoms with E-state index in [1.807, 2.05) is 18.5 Å². The van der Waals surface area contributed by atoms with Crippen LogP contribution in [0.25, 0.3) is 0 Å². The first-order valence-electron chi connectivity index (χ1n) is 5.77. The maximum Gasteiger partial charge on any atom is 0.191 e. The predicted molar refractivity (Wildman–Crippen MR) is 74.2 cm³/mol. The molecule has 1 aromatic heterocycles. The largest absolute Gasteiger partial charge is 0.409 e. The van der Waals surface area contributed by atoms with Gasteiger partial charge >= 0.3 is 0 Å². The van der Waals surface area contributed by atoms with Crippen LogP contribution in [0.2, 0.25) is 0 Å². The Kier molecular flexibility index (Phi) is 4.23. The number of nitrogens with two attached hydrogens (primary N) is 1. The zero-order valence-electron chi connectivity index (χ0n) is 11.0. The highest BCUT2D eigenvalue weighted by Gasteiger charge is 2.08. The number of oxime groups is 1. The molecule has 0 aliphatic carbocycles. The summed E-state index contributed by atoms with van der Waals surface area (Å²) < 4.78 is 15.4. The molecular formula is C12H14FN5OS. The lowest BCUT2D eigenvalue weighted by Crippen LogP contribution is -2.13. The summed E-state index contributed by atoms with van der Waals surface area (Å²) in [6, 6.07) is 4.30. The van der Waals surface area contributed by atoms with E-state index < -0.39 is 5.82 Å². The SMILES string of the molecule is Cc1nnc(SCc2cc(F)cc(/C(N)=N/O)c2)n1C. The molecule has 3 N–H and O–H groups in total. The molecule has 6 nitrogen and oxygen atoms in total. The predicted octanol–water partition coefficient (Wildman–Crippen LogP) is 1.65. The van der Waals surface area contributed by atoms with Gasteiger partial charge in [0, 0.05) is 18.4 Å². The zero-order valence-corrected chi connectivity index (χ0v) is 11.9. The Morgan fingerprint density at radius 2 is 2.20 bits per heavy atom. The summed E-state index contributed by atoms with van der Waals surface area (Å²) in [5, 5.41) is 20.2. The van der Waals surface area contributed by atoms with E-state index in [0.29, 0.717) is 11.3 Å². The van der Waals surface area contributed by atoms with Crippen LogP contribution in [0.4, 0.5) is 4.39 Å². The Labute approximate surface area is 119 Å². The fourth-order valence-electron chi connectivity index (χ4n) is 1.60. The van der Waals surface area contributed by atoms with Crippen LogP contribution in [0.5, 0.6) is 0 Å². The number of hydrogen-bond acceptors (Lipinski definition) is 5. The van der Waals surface area contributed by atoms with E-state index in [4.69, 9.17) is 10.9 Å². The number of benzene rings is 1. The van der Waals surface area contributed by atoms with Crippen LogP contribution < -0.4 is 5.73 Å².